The number of fused-ring (bicyclic) bond motifs is 1. The van der Waals surface area contributed by atoms with E-state index < -0.39 is 0 Å². The standard InChI is InChI=1S/C17H22N2O4S2/c1-4-22-9-8-19-14-7-6-13(23-5-2)10-15(14)25-17(19)18-16(21)11-24-12(3)20/h6-7,10H,4-5,8-9,11H2,1-3H3. The highest BCUT2D eigenvalue weighted by Gasteiger charge is 2.10. The molecule has 25 heavy (non-hydrogen) atoms. The van der Waals surface area contributed by atoms with Crippen LogP contribution in [0.4, 0.5) is 0 Å². The van der Waals surface area contributed by atoms with Crippen LogP contribution in [0.5, 0.6) is 5.75 Å². The Hall–Kier alpha value is -1.64. The third-order valence-electron chi connectivity index (χ3n) is 3.25. The molecule has 1 amide bonds. The molecule has 0 aliphatic rings. The molecule has 1 heterocycles. The zero-order valence-corrected chi connectivity index (χ0v) is 16.2. The van der Waals surface area contributed by atoms with Crippen LogP contribution in [0.25, 0.3) is 10.2 Å². The van der Waals surface area contributed by atoms with E-state index in [-0.39, 0.29) is 16.8 Å². The lowest BCUT2D eigenvalue weighted by atomic mass is 10.3. The smallest absolute Gasteiger partial charge is 0.258 e. The van der Waals surface area contributed by atoms with Gasteiger partial charge in [0.25, 0.3) is 5.91 Å². The van der Waals surface area contributed by atoms with Crippen LogP contribution in [-0.2, 0) is 20.9 Å². The van der Waals surface area contributed by atoms with Gasteiger partial charge in [-0.3, -0.25) is 9.59 Å². The highest BCUT2D eigenvalue weighted by Crippen LogP contribution is 2.23. The first kappa shape index (κ1) is 19.7. The van der Waals surface area contributed by atoms with Crippen LogP contribution in [0.1, 0.15) is 20.8 Å². The SMILES string of the molecule is CCOCCn1c(=NC(=O)CSC(C)=O)sc2cc(OCC)ccc21. The van der Waals surface area contributed by atoms with Crippen LogP contribution in [0.3, 0.4) is 0 Å². The van der Waals surface area contributed by atoms with Crippen molar-refractivity contribution in [3.05, 3.63) is 23.0 Å². The molecule has 0 aliphatic heterocycles. The zero-order chi connectivity index (χ0) is 18.2. The molecule has 0 bridgehead atoms. The van der Waals surface area contributed by atoms with Crippen LogP contribution in [0.2, 0.25) is 0 Å². The number of ether oxygens (including phenoxy) is 2. The molecule has 0 radical (unpaired) electrons. The van der Waals surface area contributed by atoms with E-state index in [4.69, 9.17) is 9.47 Å². The van der Waals surface area contributed by atoms with Crippen molar-refractivity contribution in [2.24, 2.45) is 4.99 Å². The predicted octanol–water partition coefficient (Wildman–Crippen LogP) is 2.85. The van der Waals surface area contributed by atoms with Gasteiger partial charge in [-0.1, -0.05) is 23.1 Å². The second-order valence-electron chi connectivity index (χ2n) is 5.08. The van der Waals surface area contributed by atoms with Gasteiger partial charge in [-0.05, 0) is 32.0 Å². The Balaban J connectivity index is 2.39. The first-order valence-corrected chi connectivity index (χ1v) is 9.90. The Kier molecular flexibility index (Phi) is 7.67. The number of amides is 1. The summed E-state index contributed by atoms with van der Waals surface area (Å²) in [6.07, 6.45) is 0. The number of thioether (sulfide) groups is 1. The van der Waals surface area contributed by atoms with E-state index in [2.05, 4.69) is 4.99 Å². The van der Waals surface area contributed by atoms with Crippen molar-refractivity contribution < 1.29 is 19.1 Å². The summed E-state index contributed by atoms with van der Waals surface area (Å²) >= 11 is 2.40. The Morgan fingerprint density at radius 1 is 1.28 bits per heavy atom. The number of carbonyl (C=O) groups excluding carboxylic acids is 2. The van der Waals surface area contributed by atoms with Crippen molar-refractivity contribution in [2.45, 2.75) is 27.3 Å². The highest BCUT2D eigenvalue weighted by molar-refractivity contribution is 8.14. The summed E-state index contributed by atoms with van der Waals surface area (Å²) in [6, 6.07) is 5.83. The second-order valence-corrected chi connectivity index (χ2v) is 7.24. The van der Waals surface area contributed by atoms with Gasteiger partial charge in [0, 0.05) is 20.1 Å². The Bertz CT molecular complexity index is 811. The molecule has 6 nitrogen and oxygen atoms in total. The number of hydrogen-bond acceptors (Lipinski definition) is 6. The molecule has 136 valence electrons. The minimum Gasteiger partial charge on any atom is -0.494 e. The van der Waals surface area contributed by atoms with Gasteiger partial charge in [-0.15, -0.1) is 0 Å². The van der Waals surface area contributed by atoms with Gasteiger partial charge in [0.05, 0.1) is 29.2 Å². The maximum atomic E-state index is 12.0. The number of benzene rings is 1. The average molecular weight is 383 g/mol. The molecule has 0 N–H and O–H groups in total. The molecule has 8 heteroatoms. The van der Waals surface area contributed by atoms with Gasteiger partial charge in [0.2, 0.25) is 0 Å². The lowest BCUT2D eigenvalue weighted by Crippen LogP contribution is -2.20. The lowest BCUT2D eigenvalue weighted by Gasteiger charge is -2.06. The molecule has 0 unspecified atom stereocenters. The summed E-state index contributed by atoms with van der Waals surface area (Å²) in [5, 5.41) is -0.0922. The van der Waals surface area contributed by atoms with Crippen molar-refractivity contribution in [3.63, 3.8) is 0 Å². The quantitative estimate of drug-likeness (QED) is 0.657. The molecular formula is C17H22N2O4S2. The molecule has 0 aliphatic carbocycles. The minimum absolute atomic E-state index is 0.0548. The summed E-state index contributed by atoms with van der Waals surface area (Å²) in [5.41, 5.74) is 0.985. The van der Waals surface area contributed by atoms with Gasteiger partial charge in [-0.2, -0.15) is 4.99 Å². The maximum Gasteiger partial charge on any atom is 0.258 e. The molecule has 0 saturated carbocycles. The number of carbonyl (C=O) groups is 2. The predicted molar refractivity (Wildman–Crippen MR) is 101 cm³/mol. The average Bonchev–Trinajstić information content (AvgIpc) is 2.90. The third-order valence-corrected chi connectivity index (χ3v) is 5.09. The molecule has 0 spiro atoms. The highest BCUT2D eigenvalue weighted by atomic mass is 32.2. The van der Waals surface area contributed by atoms with E-state index in [1.54, 1.807) is 0 Å². The van der Waals surface area contributed by atoms with Gasteiger partial charge < -0.3 is 14.0 Å². The fourth-order valence-electron chi connectivity index (χ4n) is 2.21. The van der Waals surface area contributed by atoms with Crippen molar-refractivity contribution >= 4 is 44.3 Å². The summed E-state index contributed by atoms with van der Waals surface area (Å²) < 4.78 is 14.0. The van der Waals surface area contributed by atoms with Gasteiger partial charge in [0.15, 0.2) is 9.92 Å². The third kappa shape index (κ3) is 5.69. The fraction of sp³-hybridized carbons (Fsp3) is 0.471. The first-order valence-electron chi connectivity index (χ1n) is 8.10. The maximum absolute atomic E-state index is 12.0. The van der Waals surface area contributed by atoms with Gasteiger partial charge in [-0.25, -0.2) is 0 Å². The van der Waals surface area contributed by atoms with E-state index in [0.29, 0.717) is 31.2 Å². The number of thiazole rings is 1. The van der Waals surface area contributed by atoms with Crippen molar-refractivity contribution in [2.75, 3.05) is 25.6 Å². The Morgan fingerprint density at radius 2 is 2.08 bits per heavy atom. The van der Waals surface area contributed by atoms with Gasteiger partial charge >= 0.3 is 0 Å². The largest absolute Gasteiger partial charge is 0.494 e. The van der Waals surface area contributed by atoms with E-state index in [9.17, 15) is 9.59 Å². The normalized spacial score (nSPS) is 11.9. The van der Waals surface area contributed by atoms with Crippen molar-refractivity contribution in [3.8, 4) is 5.75 Å². The fourth-order valence-corrected chi connectivity index (χ4v) is 3.71. The number of rotatable bonds is 8. The zero-order valence-electron chi connectivity index (χ0n) is 14.6. The molecule has 1 aromatic carbocycles. The number of hydrogen-bond donors (Lipinski definition) is 0. The first-order chi connectivity index (χ1) is 12.0. The second kappa shape index (κ2) is 9.74. The molecule has 1 aromatic heterocycles. The van der Waals surface area contributed by atoms with Crippen molar-refractivity contribution in [1.29, 1.82) is 0 Å². The molecular weight excluding hydrogens is 360 g/mol. The van der Waals surface area contributed by atoms with E-state index in [1.807, 2.05) is 36.6 Å². The molecule has 0 saturated heterocycles. The molecule has 0 fully saturated rings. The lowest BCUT2D eigenvalue weighted by molar-refractivity contribution is -0.116. The van der Waals surface area contributed by atoms with E-state index in [0.717, 1.165) is 27.7 Å². The summed E-state index contributed by atoms with van der Waals surface area (Å²) in [7, 11) is 0. The van der Waals surface area contributed by atoms with E-state index >= 15 is 0 Å². The molecule has 2 rings (SSSR count). The van der Waals surface area contributed by atoms with Crippen LogP contribution < -0.4 is 9.54 Å². The van der Waals surface area contributed by atoms with Crippen LogP contribution in [-0.4, -0.2) is 41.2 Å². The topological polar surface area (TPSA) is 69.9 Å². The monoisotopic (exact) mass is 382 g/mol. The van der Waals surface area contributed by atoms with Crippen LogP contribution in [0, 0.1) is 0 Å². The minimum atomic E-state index is -0.318. The van der Waals surface area contributed by atoms with Crippen molar-refractivity contribution in [1.82, 2.24) is 4.57 Å². The molecule has 2 aromatic rings. The summed E-state index contributed by atoms with van der Waals surface area (Å²) in [4.78, 5) is 27.9. The number of aromatic nitrogens is 1. The summed E-state index contributed by atoms with van der Waals surface area (Å²) in [5.74, 6) is 0.527. The number of nitrogens with zero attached hydrogens (tertiary/aromatic N) is 2. The Morgan fingerprint density at radius 3 is 2.76 bits per heavy atom. The van der Waals surface area contributed by atoms with Crippen LogP contribution >= 0.6 is 23.1 Å². The van der Waals surface area contributed by atoms with Crippen LogP contribution in [0.15, 0.2) is 23.2 Å². The van der Waals surface area contributed by atoms with E-state index in [1.165, 1.54) is 18.3 Å². The van der Waals surface area contributed by atoms with Gasteiger partial charge in [0.1, 0.15) is 5.75 Å². The molecule has 0 atom stereocenters. The Labute approximate surface area is 154 Å². The summed E-state index contributed by atoms with van der Waals surface area (Å²) in [6.45, 7) is 7.70.